The fourth-order valence-corrected chi connectivity index (χ4v) is 4.02. The molecule has 1 amide bonds. The number of amidine groups is 1. The molecule has 3 heterocycles. The Bertz CT molecular complexity index is 1010. The van der Waals surface area contributed by atoms with Gasteiger partial charge in [0.25, 0.3) is 5.91 Å². The van der Waals surface area contributed by atoms with Gasteiger partial charge in [-0.1, -0.05) is 6.92 Å². The van der Waals surface area contributed by atoms with E-state index < -0.39 is 22.9 Å². The number of carbonyl (C=O) groups is 1. The Morgan fingerprint density at radius 3 is 2.83 bits per heavy atom. The topological polar surface area (TPSA) is 98.8 Å². The lowest BCUT2D eigenvalue weighted by Gasteiger charge is -2.41. The van der Waals surface area contributed by atoms with Crippen molar-refractivity contribution in [1.82, 2.24) is 4.98 Å². The van der Waals surface area contributed by atoms with Crippen molar-refractivity contribution in [2.24, 2.45) is 16.6 Å². The summed E-state index contributed by atoms with van der Waals surface area (Å²) >= 11 is 0. The Balaban J connectivity index is 1.69. The third-order valence-electron chi connectivity index (χ3n) is 5.71. The first kappa shape index (κ1) is 20.2. The van der Waals surface area contributed by atoms with Crippen LogP contribution in [-0.2, 0) is 10.3 Å². The number of benzene rings is 1. The lowest BCUT2D eigenvalue weighted by atomic mass is 9.71. The molecule has 0 spiro atoms. The van der Waals surface area contributed by atoms with Crippen molar-refractivity contribution in [3.8, 4) is 5.75 Å². The van der Waals surface area contributed by atoms with Crippen molar-refractivity contribution in [3.05, 3.63) is 53.6 Å². The number of amides is 1. The summed E-state index contributed by atoms with van der Waals surface area (Å²) < 4.78 is 41.1. The normalized spacial score (nSPS) is 27.9. The van der Waals surface area contributed by atoms with E-state index in [0.717, 1.165) is 0 Å². The molecule has 3 atom stereocenters. The number of pyridine rings is 1. The summed E-state index contributed by atoms with van der Waals surface area (Å²) in [6.45, 7) is 1.45. The maximum Gasteiger partial charge on any atom is 0.274 e. The van der Waals surface area contributed by atoms with E-state index in [2.05, 4.69) is 15.3 Å². The maximum absolute atomic E-state index is 15.9. The molecule has 2 aliphatic heterocycles. The fourth-order valence-electron chi connectivity index (χ4n) is 4.02. The van der Waals surface area contributed by atoms with Crippen LogP contribution in [0.2, 0.25) is 0 Å². The number of halogens is 2. The van der Waals surface area contributed by atoms with Crippen molar-refractivity contribution < 1.29 is 23.0 Å². The quantitative estimate of drug-likeness (QED) is 0.799. The molecule has 7 nitrogen and oxygen atoms in total. The van der Waals surface area contributed by atoms with Crippen molar-refractivity contribution in [2.75, 3.05) is 25.6 Å². The molecule has 1 fully saturated rings. The number of methoxy groups -OCH3 is 1. The Labute approximate surface area is 172 Å². The predicted molar refractivity (Wildman–Crippen MR) is 107 cm³/mol. The Kier molecular flexibility index (Phi) is 4.93. The number of alkyl halides is 1. The smallest absolute Gasteiger partial charge is 0.274 e. The standard InChI is InChI=1S/C21H22F2N4O3/c1-12-8-20(23)10-30-11-21(20,27-18(12)24)15-7-13(3-5-16(15)22)26-19(28)17-6-4-14(29-2)9-25-17/h3-7,9,12H,8,10-11H2,1-2H3,(H2,24,27)(H,26,28)/t12-,20-,21+/m0/s1. The van der Waals surface area contributed by atoms with Crippen LogP contribution in [0.5, 0.6) is 5.75 Å². The van der Waals surface area contributed by atoms with Gasteiger partial charge in [-0.3, -0.25) is 9.79 Å². The summed E-state index contributed by atoms with van der Waals surface area (Å²) in [4.78, 5) is 20.9. The average molecular weight is 416 g/mol. The van der Waals surface area contributed by atoms with Crippen molar-refractivity contribution in [2.45, 2.75) is 24.6 Å². The molecule has 3 N–H and O–H groups in total. The molecule has 30 heavy (non-hydrogen) atoms. The summed E-state index contributed by atoms with van der Waals surface area (Å²) in [7, 11) is 1.50. The van der Waals surface area contributed by atoms with Crippen molar-refractivity contribution >= 4 is 17.4 Å². The molecule has 1 aromatic carbocycles. The van der Waals surface area contributed by atoms with Gasteiger partial charge in [0.2, 0.25) is 0 Å². The maximum atomic E-state index is 15.9. The zero-order chi connectivity index (χ0) is 21.5. The number of hydrogen-bond acceptors (Lipinski definition) is 6. The second-order valence-corrected chi connectivity index (χ2v) is 7.69. The number of aliphatic imine (C=N–C) groups is 1. The molecule has 0 radical (unpaired) electrons. The first-order chi connectivity index (χ1) is 14.3. The van der Waals surface area contributed by atoms with Crippen LogP contribution in [0.3, 0.4) is 0 Å². The highest BCUT2D eigenvalue weighted by atomic mass is 19.1. The number of aromatic nitrogens is 1. The lowest BCUT2D eigenvalue weighted by Crippen LogP contribution is -2.53. The predicted octanol–water partition coefficient (Wildman–Crippen LogP) is 2.81. The van der Waals surface area contributed by atoms with Crippen molar-refractivity contribution in [3.63, 3.8) is 0 Å². The molecule has 0 aliphatic carbocycles. The number of carbonyl (C=O) groups excluding carboxylic acids is 1. The number of rotatable bonds is 4. The van der Waals surface area contributed by atoms with Gasteiger partial charge in [0.1, 0.15) is 22.8 Å². The van der Waals surface area contributed by atoms with E-state index in [1.807, 2.05) is 0 Å². The minimum absolute atomic E-state index is 0.00200. The molecule has 1 saturated heterocycles. The Morgan fingerprint density at radius 2 is 2.13 bits per heavy atom. The summed E-state index contributed by atoms with van der Waals surface area (Å²) in [6.07, 6.45) is 1.49. The second kappa shape index (κ2) is 7.32. The molecular formula is C21H22F2N4O3. The number of nitrogens with one attached hydrogen (secondary N) is 1. The minimum Gasteiger partial charge on any atom is -0.495 e. The monoisotopic (exact) mass is 416 g/mol. The third kappa shape index (κ3) is 3.19. The number of anilines is 1. The molecule has 1 aromatic heterocycles. The summed E-state index contributed by atoms with van der Waals surface area (Å²) in [5.74, 6) is -0.657. The highest BCUT2D eigenvalue weighted by Gasteiger charge is 2.62. The SMILES string of the molecule is COc1ccc(C(=O)Nc2ccc(F)c([C@]34COC[C@@]3(F)C[C@H](C)C(N)=N4)c2)nc1. The van der Waals surface area contributed by atoms with Gasteiger partial charge in [-0.15, -0.1) is 0 Å². The Hall–Kier alpha value is -3.07. The number of nitrogens with two attached hydrogens (primary N) is 1. The molecule has 0 bridgehead atoms. The molecule has 2 aliphatic rings. The van der Waals surface area contributed by atoms with E-state index in [1.165, 1.54) is 37.6 Å². The molecule has 0 saturated carbocycles. The van der Waals surface area contributed by atoms with E-state index in [-0.39, 0.29) is 48.3 Å². The number of hydrogen-bond donors (Lipinski definition) is 2. The van der Waals surface area contributed by atoms with Gasteiger partial charge in [-0.25, -0.2) is 13.8 Å². The van der Waals surface area contributed by atoms with Gasteiger partial charge >= 0.3 is 0 Å². The molecule has 0 unspecified atom stereocenters. The molecule has 2 aromatic rings. The van der Waals surface area contributed by atoms with E-state index in [0.29, 0.717) is 5.75 Å². The number of ether oxygens (including phenoxy) is 2. The van der Waals surface area contributed by atoms with Gasteiger partial charge in [-0.05, 0) is 36.8 Å². The number of nitrogens with zero attached hydrogens (tertiary/aromatic N) is 2. The summed E-state index contributed by atoms with van der Waals surface area (Å²) in [5, 5.41) is 2.66. The molecular weight excluding hydrogens is 394 g/mol. The van der Waals surface area contributed by atoms with Crippen LogP contribution >= 0.6 is 0 Å². The highest BCUT2D eigenvalue weighted by molar-refractivity contribution is 6.02. The zero-order valence-electron chi connectivity index (χ0n) is 16.6. The third-order valence-corrected chi connectivity index (χ3v) is 5.71. The van der Waals surface area contributed by atoms with E-state index in [1.54, 1.807) is 13.0 Å². The van der Waals surface area contributed by atoms with Gasteiger partial charge in [0.15, 0.2) is 5.67 Å². The van der Waals surface area contributed by atoms with Crippen LogP contribution in [0.25, 0.3) is 0 Å². The Morgan fingerprint density at radius 1 is 1.33 bits per heavy atom. The van der Waals surface area contributed by atoms with Gasteiger partial charge < -0.3 is 20.5 Å². The number of fused-ring (bicyclic) bond motifs is 1. The molecule has 158 valence electrons. The van der Waals surface area contributed by atoms with Gasteiger partial charge in [0, 0.05) is 17.2 Å². The first-order valence-corrected chi connectivity index (χ1v) is 9.51. The van der Waals surface area contributed by atoms with Gasteiger partial charge in [-0.2, -0.15) is 0 Å². The zero-order valence-corrected chi connectivity index (χ0v) is 16.6. The van der Waals surface area contributed by atoms with Crippen LogP contribution in [0.1, 0.15) is 29.4 Å². The van der Waals surface area contributed by atoms with E-state index in [9.17, 15) is 9.18 Å². The minimum atomic E-state index is -1.89. The van der Waals surface area contributed by atoms with Crippen molar-refractivity contribution in [1.29, 1.82) is 0 Å². The molecule has 9 heteroatoms. The lowest BCUT2D eigenvalue weighted by molar-refractivity contribution is 0.0589. The van der Waals surface area contributed by atoms with Gasteiger partial charge in [0.05, 0.1) is 32.4 Å². The summed E-state index contributed by atoms with van der Waals surface area (Å²) in [6, 6.07) is 7.05. The van der Waals surface area contributed by atoms with Crippen LogP contribution in [0.4, 0.5) is 14.5 Å². The van der Waals surface area contributed by atoms with E-state index in [4.69, 9.17) is 15.2 Å². The fraction of sp³-hybridized carbons (Fsp3) is 0.381. The molecule has 4 rings (SSSR count). The van der Waals surface area contributed by atoms with Crippen LogP contribution in [-0.4, -0.2) is 42.7 Å². The largest absolute Gasteiger partial charge is 0.495 e. The van der Waals surface area contributed by atoms with Crippen LogP contribution < -0.4 is 15.8 Å². The summed E-state index contributed by atoms with van der Waals surface area (Å²) in [5.41, 5.74) is 2.95. The highest BCUT2D eigenvalue weighted by Crippen LogP contribution is 2.51. The average Bonchev–Trinajstić information content (AvgIpc) is 3.06. The van der Waals surface area contributed by atoms with E-state index >= 15 is 4.39 Å². The second-order valence-electron chi connectivity index (χ2n) is 7.69. The van der Waals surface area contributed by atoms with Crippen LogP contribution in [0.15, 0.2) is 41.5 Å². The van der Waals surface area contributed by atoms with Crippen LogP contribution in [0, 0.1) is 11.7 Å². The first-order valence-electron chi connectivity index (χ1n) is 9.51.